The highest BCUT2D eigenvalue weighted by Crippen LogP contribution is 2.29. The van der Waals surface area contributed by atoms with Crippen LogP contribution in [0.5, 0.6) is 0 Å². The Morgan fingerprint density at radius 3 is 2.65 bits per heavy atom. The molecule has 0 spiro atoms. The maximum atomic E-state index is 12.2. The van der Waals surface area contributed by atoms with Gasteiger partial charge in [0, 0.05) is 18.4 Å². The van der Waals surface area contributed by atoms with Crippen LogP contribution in [0.15, 0.2) is 28.5 Å². The summed E-state index contributed by atoms with van der Waals surface area (Å²) >= 11 is 1.23. The van der Waals surface area contributed by atoms with Gasteiger partial charge in [0.1, 0.15) is 5.84 Å². The minimum Gasteiger partial charge on any atom is -0.409 e. The molecule has 17 heavy (non-hydrogen) atoms. The van der Waals surface area contributed by atoms with Gasteiger partial charge in [0.2, 0.25) is 0 Å². The zero-order chi connectivity index (χ0) is 12.9. The third-order valence-electron chi connectivity index (χ3n) is 1.80. The average Bonchev–Trinajstić information content (AvgIpc) is 2.28. The van der Waals surface area contributed by atoms with Crippen LogP contribution in [0.4, 0.5) is 13.2 Å². The summed E-state index contributed by atoms with van der Waals surface area (Å²) < 4.78 is 36.6. The maximum absolute atomic E-state index is 12.2. The molecule has 3 N–H and O–H groups in total. The van der Waals surface area contributed by atoms with Gasteiger partial charge in [-0.2, -0.15) is 13.2 Å². The van der Waals surface area contributed by atoms with Crippen LogP contribution in [-0.2, 0) is 6.18 Å². The van der Waals surface area contributed by atoms with E-state index in [2.05, 4.69) is 10.1 Å². The smallest absolute Gasteiger partial charge is 0.409 e. The number of oxime groups is 1. The molecule has 0 amide bonds. The van der Waals surface area contributed by atoms with Crippen molar-refractivity contribution in [3.8, 4) is 0 Å². The van der Waals surface area contributed by atoms with E-state index < -0.39 is 11.7 Å². The summed E-state index contributed by atoms with van der Waals surface area (Å²) in [6, 6.07) is 2.26. The van der Waals surface area contributed by atoms with Crippen molar-refractivity contribution in [2.75, 3.05) is 5.75 Å². The molecule has 0 saturated heterocycles. The Morgan fingerprint density at radius 2 is 2.18 bits per heavy atom. The average molecular weight is 265 g/mol. The van der Waals surface area contributed by atoms with Gasteiger partial charge in [0.05, 0.1) is 10.6 Å². The van der Waals surface area contributed by atoms with Crippen LogP contribution in [0.2, 0.25) is 0 Å². The SMILES string of the molecule is N/C(CCSc1ccc(C(F)(F)F)cn1)=N\O. The lowest BCUT2D eigenvalue weighted by atomic mass is 10.3. The number of alkyl halides is 3. The van der Waals surface area contributed by atoms with Gasteiger partial charge in [-0.3, -0.25) is 0 Å². The van der Waals surface area contributed by atoms with E-state index in [1.807, 2.05) is 0 Å². The molecule has 1 heterocycles. The van der Waals surface area contributed by atoms with E-state index in [9.17, 15) is 13.2 Å². The summed E-state index contributed by atoms with van der Waals surface area (Å²) in [4.78, 5) is 3.67. The van der Waals surface area contributed by atoms with Crippen LogP contribution in [0.25, 0.3) is 0 Å². The van der Waals surface area contributed by atoms with Crippen molar-refractivity contribution in [2.45, 2.75) is 17.6 Å². The third kappa shape index (κ3) is 4.51. The van der Waals surface area contributed by atoms with Gasteiger partial charge in [-0.1, -0.05) is 5.16 Å². The summed E-state index contributed by atoms with van der Waals surface area (Å²) in [5.74, 6) is 0.554. The molecule has 94 valence electrons. The lowest BCUT2D eigenvalue weighted by Gasteiger charge is -2.06. The van der Waals surface area contributed by atoms with Crippen molar-refractivity contribution in [3.63, 3.8) is 0 Å². The maximum Gasteiger partial charge on any atom is 0.417 e. The monoisotopic (exact) mass is 265 g/mol. The first-order valence-corrected chi connectivity index (χ1v) is 5.54. The Bertz CT molecular complexity index is 391. The van der Waals surface area contributed by atoms with Crippen molar-refractivity contribution < 1.29 is 18.4 Å². The van der Waals surface area contributed by atoms with Gasteiger partial charge in [-0.25, -0.2) is 4.98 Å². The first kappa shape index (κ1) is 13.6. The molecule has 1 rings (SSSR count). The molecule has 0 bridgehead atoms. The van der Waals surface area contributed by atoms with Gasteiger partial charge in [0.25, 0.3) is 0 Å². The number of nitrogens with two attached hydrogens (primary N) is 1. The summed E-state index contributed by atoms with van der Waals surface area (Å²) in [5, 5.41) is 11.5. The second-order valence-corrected chi connectivity index (χ2v) is 4.19. The molecule has 0 aromatic carbocycles. The first-order valence-electron chi connectivity index (χ1n) is 4.56. The van der Waals surface area contributed by atoms with E-state index in [0.29, 0.717) is 17.2 Å². The van der Waals surface area contributed by atoms with Gasteiger partial charge in [-0.05, 0) is 12.1 Å². The number of amidine groups is 1. The molecule has 0 radical (unpaired) electrons. The minimum atomic E-state index is -4.37. The van der Waals surface area contributed by atoms with Crippen LogP contribution in [0.3, 0.4) is 0 Å². The highest BCUT2D eigenvalue weighted by molar-refractivity contribution is 7.99. The Morgan fingerprint density at radius 1 is 1.47 bits per heavy atom. The van der Waals surface area contributed by atoms with Gasteiger partial charge < -0.3 is 10.9 Å². The zero-order valence-corrected chi connectivity index (χ0v) is 9.42. The molecule has 1 aromatic heterocycles. The third-order valence-corrected chi connectivity index (χ3v) is 2.75. The first-order chi connectivity index (χ1) is 7.93. The molecule has 0 unspecified atom stereocenters. The van der Waals surface area contributed by atoms with Crippen LogP contribution in [-0.4, -0.2) is 21.8 Å². The summed E-state index contributed by atoms with van der Waals surface area (Å²) in [6.45, 7) is 0. The van der Waals surface area contributed by atoms with Crippen LogP contribution >= 0.6 is 11.8 Å². The minimum absolute atomic E-state index is 0.0735. The molecule has 0 fully saturated rings. The van der Waals surface area contributed by atoms with Crippen molar-refractivity contribution in [3.05, 3.63) is 23.9 Å². The fraction of sp³-hybridized carbons (Fsp3) is 0.333. The predicted molar refractivity (Wildman–Crippen MR) is 58.0 cm³/mol. The van der Waals surface area contributed by atoms with E-state index in [1.54, 1.807) is 0 Å². The standard InChI is InChI=1S/C9H10F3N3OS/c10-9(11,12)6-1-2-8(14-5-6)17-4-3-7(13)15-16/h1-2,5,16H,3-4H2,(H2,13,15). The molecule has 0 atom stereocenters. The van der Waals surface area contributed by atoms with Crippen molar-refractivity contribution in [1.82, 2.24) is 4.98 Å². The van der Waals surface area contributed by atoms with Crippen molar-refractivity contribution >= 4 is 17.6 Å². The van der Waals surface area contributed by atoms with Gasteiger partial charge in [-0.15, -0.1) is 11.8 Å². The van der Waals surface area contributed by atoms with Crippen LogP contribution < -0.4 is 5.73 Å². The molecule has 0 saturated carbocycles. The topological polar surface area (TPSA) is 71.5 Å². The zero-order valence-electron chi connectivity index (χ0n) is 8.61. The van der Waals surface area contributed by atoms with E-state index in [0.717, 1.165) is 12.3 Å². The summed E-state index contributed by atoms with van der Waals surface area (Å²) in [5.41, 5.74) is 4.46. The second-order valence-electron chi connectivity index (χ2n) is 3.07. The fourth-order valence-corrected chi connectivity index (χ4v) is 1.76. The highest BCUT2D eigenvalue weighted by atomic mass is 32.2. The number of thioether (sulfide) groups is 1. The lowest BCUT2D eigenvalue weighted by Crippen LogP contribution is -2.12. The lowest BCUT2D eigenvalue weighted by molar-refractivity contribution is -0.137. The van der Waals surface area contributed by atoms with Crippen molar-refractivity contribution in [2.24, 2.45) is 10.9 Å². The second kappa shape index (κ2) is 5.76. The number of nitrogens with zero attached hydrogens (tertiary/aromatic N) is 2. The normalized spacial score (nSPS) is 12.8. The molecule has 8 heteroatoms. The Labute approximate surface area is 99.7 Å². The van der Waals surface area contributed by atoms with Gasteiger partial charge >= 0.3 is 6.18 Å². The number of hydrogen-bond acceptors (Lipinski definition) is 4. The number of aromatic nitrogens is 1. The van der Waals surface area contributed by atoms with E-state index in [1.165, 1.54) is 17.8 Å². The quantitative estimate of drug-likeness (QED) is 0.288. The Kier molecular flexibility index (Phi) is 4.62. The summed E-state index contributed by atoms with van der Waals surface area (Å²) in [7, 11) is 0. The Balaban J connectivity index is 2.52. The van der Waals surface area contributed by atoms with E-state index in [-0.39, 0.29) is 5.84 Å². The Hall–Kier alpha value is -1.44. The number of halogens is 3. The summed E-state index contributed by atoms with van der Waals surface area (Å²) in [6.07, 6.45) is -3.25. The molecular weight excluding hydrogens is 255 g/mol. The molecule has 1 aromatic rings. The molecule has 0 aliphatic carbocycles. The van der Waals surface area contributed by atoms with E-state index >= 15 is 0 Å². The number of rotatable bonds is 4. The van der Waals surface area contributed by atoms with Crippen LogP contribution in [0.1, 0.15) is 12.0 Å². The van der Waals surface area contributed by atoms with Crippen LogP contribution in [0, 0.1) is 0 Å². The number of hydrogen-bond donors (Lipinski definition) is 2. The molecular formula is C9H10F3N3OS. The fourth-order valence-electron chi connectivity index (χ4n) is 0.944. The molecule has 0 aliphatic heterocycles. The van der Waals surface area contributed by atoms with Crippen molar-refractivity contribution in [1.29, 1.82) is 0 Å². The predicted octanol–water partition coefficient (Wildman–Crippen LogP) is 2.33. The highest BCUT2D eigenvalue weighted by Gasteiger charge is 2.30. The number of pyridine rings is 1. The van der Waals surface area contributed by atoms with E-state index in [4.69, 9.17) is 10.9 Å². The van der Waals surface area contributed by atoms with Gasteiger partial charge in [0.15, 0.2) is 0 Å². The molecule has 4 nitrogen and oxygen atoms in total. The molecule has 0 aliphatic rings. The largest absolute Gasteiger partial charge is 0.417 e.